The zero-order valence-electron chi connectivity index (χ0n) is 12.2. The molecule has 1 amide bonds. The lowest BCUT2D eigenvalue weighted by Crippen LogP contribution is -2.38. The molecule has 1 aromatic rings. The van der Waals surface area contributed by atoms with Gasteiger partial charge in [-0.15, -0.1) is 16.7 Å². The lowest BCUT2D eigenvalue weighted by atomic mass is 10.1. The minimum absolute atomic E-state index is 0.107. The highest BCUT2D eigenvalue weighted by Crippen LogP contribution is 2.24. The number of nitrogens with zero attached hydrogens (tertiary/aromatic N) is 3. The molecular formula is C13H14ClF3N4O3. The van der Waals surface area contributed by atoms with Gasteiger partial charge in [-0.25, -0.2) is 9.48 Å². The molecule has 1 unspecified atom stereocenters. The standard InChI is InChI=1S/C13H14ClF3N4O3/c14-8-3-1-7(2-4-8)11-19-21(6-10(18)23)12(24)20(11)5-9(22)13(15,16)17/h1-3,8-9,22H,4-6H2,(H2,18,23)/t8?,9-/m0/s1. The molecule has 0 saturated heterocycles. The van der Waals surface area contributed by atoms with Gasteiger partial charge in [-0.2, -0.15) is 13.2 Å². The molecule has 7 nitrogen and oxygen atoms in total. The number of allylic oxidation sites excluding steroid dienone is 4. The van der Waals surface area contributed by atoms with E-state index < -0.39 is 37.0 Å². The number of halogens is 4. The summed E-state index contributed by atoms with van der Waals surface area (Å²) in [6, 6.07) is 0. The number of carbonyl (C=O) groups excluding carboxylic acids is 1. The van der Waals surface area contributed by atoms with Gasteiger partial charge in [-0.3, -0.25) is 9.36 Å². The number of primary amides is 1. The average Bonchev–Trinajstić information content (AvgIpc) is 2.76. The summed E-state index contributed by atoms with van der Waals surface area (Å²) in [4.78, 5) is 23.2. The number of aliphatic hydroxyl groups is 1. The van der Waals surface area contributed by atoms with Gasteiger partial charge < -0.3 is 10.8 Å². The monoisotopic (exact) mass is 366 g/mol. The lowest BCUT2D eigenvalue weighted by molar-refractivity contribution is -0.207. The maximum absolute atomic E-state index is 12.6. The topological polar surface area (TPSA) is 103 Å². The van der Waals surface area contributed by atoms with Crippen molar-refractivity contribution >= 4 is 23.1 Å². The van der Waals surface area contributed by atoms with Crippen molar-refractivity contribution in [2.75, 3.05) is 0 Å². The van der Waals surface area contributed by atoms with Crippen molar-refractivity contribution in [3.63, 3.8) is 0 Å². The highest BCUT2D eigenvalue weighted by atomic mass is 35.5. The van der Waals surface area contributed by atoms with Crippen LogP contribution in [0.5, 0.6) is 0 Å². The molecule has 2 atom stereocenters. The van der Waals surface area contributed by atoms with Crippen LogP contribution in [-0.2, 0) is 17.9 Å². The fraction of sp³-hybridized carbons (Fsp3) is 0.462. The molecule has 0 aromatic carbocycles. The first-order chi connectivity index (χ1) is 11.1. The molecule has 0 fully saturated rings. The fourth-order valence-electron chi connectivity index (χ4n) is 2.11. The van der Waals surface area contributed by atoms with E-state index in [1.165, 1.54) is 6.08 Å². The lowest BCUT2D eigenvalue weighted by Gasteiger charge is -2.16. The van der Waals surface area contributed by atoms with Gasteiger partial charge in [0.25, 0.3) is 0 Å². The van der Waals surface area contributed by atoms with Crippen molar-refractivity contribution in [3.05, 3.63) is 34.5 Å². The summed E-state index contributed by atoms with van der Waals surface area (Å²) in [5.74, 6) is -0.983. The number of carbonyl (C=O) groups is 1. The molecule has 1 aromatic heterocycles. The molecule has 0 radical (unpaired) electrons. The van der Waals surface area contributed by atoms with Crippen LogP contribution in [0.25, 0.3) is 5.57 Å². The van der Waals surface area contributed by atoms with Crippen LogP contribution in [0.1, 0.15) is 12.2 Å². The van der Waals surface area contributed by atoms with E-state index in [4.69, 9.17) is 17.3 Å². The van der Waals surface area contributed by atoms with E-state index in [0.29, 0.717) is 21.2 Å². The first-order valence-corrected chi connectivity index (χ1v) is 7.26. The van der Waals surface area contributed by atoms with Crippen LogP contribution >= 0.6 is 11.6 Å². The Morgan fingerprint density at radius 1 is 1.54 bits per heavy atom. The zero-order chi connectivity index (χ0) is 18.1. The van der Waals surface area contributed by atoms with Gasteiger partial charge in [-0.05, 0) is 6.42 Å². The number of aliphatic hydroxyl groups excluding tert-OH is 1. The number of amides is 1. The van der Waals surface area contributed by atoms with Crippen LogP contribution in [0.15, 0.2) is 23.0 Å². The smallest absolute Gasteiger partial charge is 0.382 e. The highest BCUT2D eigenvalue weighted by Gasteiger charge is 2.39. The van der Waals surface area contributed by atoms with E-state index in [-0.39, 0.29) is 11.2 Å². The van der Waals surface area contributed by atoms with Gasteiger partial charge in [0.15, 0.2) is 11.9 Å². The van der Waals surface area contributed by atoms with E-state index in [1.54, 1.807) is 12.2 Å². The molecule has 11 heteroatoms. The minimum atomic E-state index is -4.90. The summed E-state index contributed by atoms with van der Waals surface area (Å²) in [7, 11) is 0. The Balaban J connectivity index is 2.46. The van der Waals surface area contributed by atoms with Gasteiger partial charge in [0, 0.05) is 5.57 Å². The van der Waals surface area contributed by atoms with Gasteiger partial charge in [0.1, 0.15) is 6.54 Å². The van der Waals surface area contributed by atoms with E-state index >= 15 is 0 Å². The van der Waals surface area contributed by atoms with Gasteiger partial charge in [0.05, 0.1) is 11.9 Å². The Morgan fingerprint density at radius 2 is 2.21 bits per heavy atom. The van der Waals surface area contributed by atoms with Gasteiger partial charge in [-0.1, -0.05) is 18.2 Å². The number of nitrogens with two attached hydrogens (primary N) is 1. The normalized spacial score (nSPS) is 19.2. The maximum atomic E-state index is 12.6. The van der Waals surface area contributed by atoms with Crippen molar-refractivity contribution in [1.82, 2.24) is 14.3 Å². The molecule has 1 aliphatic carbocycles. The molecule has 2 rings (SSSR count). The second-order valence-electron chi connectivity index (χ2n) is 5.17. The maximum Gasteiger partial charge on any atom is 0.416 e. The van der Waals surface area contributed by atoms with Crippen molar-refractivity contribution < 1.29 is 23.1 Å². The molecule has 0 aliphatic heterocycles. The van der Waals surface area contributed by atoms with Crippen LogP contribution in [0.2, 0.25) is 0 Å². The summed E-state index contributed by atoms with van der Waals surface area (Å²) in [6.45, 7) is -1.64. The Bertz CT molecular complexity index is 751. The Kier molecular flexibility index (Phi) is 5.19. The van der Waals surface area contributed by atoms with Gasteiger partial charge in [0.2, 0.25) is 5.91 Å². The highest BCUT2D eigenvalue weighted by molar-refractivity contribution is 6.22. The first kappa shape index (κ1) is 18.3. The fourth-order valence-corrected chi connectivity index (χ4v) is 2.27. The van der Waals surface area contributed by atoms with Crippen LogP contribution in [0.4, 0.5) is 13.2 Å². The molecule has 0 bridgehead atoms. The molecule has 1 aliphatic rings. The summed E-state index contributed by atoms with van der Waals surface area (Å²) < 4.78 is 39.1. The molecule has 0 spiro atoms. The number of aromatic nitrogens is 3. The van der Waals surface area contributed by atoms with E-state index in [1.807, 2.05) is 0 Å². The summed E-state index contributed by atoms with van der Waals surface area (Å²) >= 11 is 5.88. The van der Waals surface area contributed by atoms with Crippen molar-refractivity contribution in [1.29, 1.82) is 0 Å². The van der Waals surface area contributed by atoms with Gasteiger partial charge >= 0.3 is 11.9 Å². The molecule has 1 heterocycles. The largest absolute Gasteiger partial charge is 0.416 e. The molecular weight excluding hydrogens is 353 g/mol. The molecule has 0 saturated carbocycles. The number of hydrogen-bond acceptors (Lipinski definition) is 4. The quantitative estimate of drug-likeness (QED) is 0.736. The third-order valence-corrected chi connectivity index (χ3v) is 3.59. The number of rotatable bonds is 5. The van der Waals surface area contributed by atoms with E-state index in [2.05, 4.69) is 5.10 Å². The third kappa shape index (κ3) is 4.06. The predicted octanol–water partition coefficient (Wildman–Crippen LogP) is 0.404. The van der Waals surface area contributed by atoms with Crippen LogP contribution < -0.4 is 11.4 Å². The Morgan fingerprint density at radius 3 is 2.71 bits per heavy atom. The number of alkyl halides is 4. The molecule has 132 valence electrons. The van der Waals surface area contributed by atoms with Crippen LogP contribution in [-0.4, -0.2) is 43.0 Å². The average molecular weight is 367 g/mol. The van der Waals surface area contributed by atoms with Crippen molar-refractivity contribution in [3.8, 4) is 0 Å². The predicted molar refractivity (Wildman–Crippen MR) is 79.1 cm³/mol. The second-order valence-corrected chi connectivity index (χ2v) is 5.73. The summed E-state index contributed by atoms with van der Waals surface area (Å²) in [5.41, 5.74) is 4.38. The Labute approximate surface area is 138 Å². The van der Waals surface area contributed by atoms with Crippen LogP contribution in [0.3, 0.4) is 0 Å². The van der Waals surface area contributed by atoms with Crippen molar-refractivity contribution in [2.45, 2.75) is 37.2 Å². The Hall–Kier alpha value is -2.07. The summed E-state index contributed by atoms with van der Waals surface area (Å²) in [6.07, 6.45) is -2.56. The molecule has 3 N–H and O–H groups in total. The second kappa shape index (κ2) is 6.81. The summed E-state index contributed by atoms with van der Waals surface area (Å²) in [5, 5.41) is 12.8. The zero-order valence-corrected chi connectivity index (χ0v) is 13.0. The van der Waals surface area contributed by atoms with Crippen molar-refractivity contribution in [2.24, 2.45) is 5.73 Å². The SMILES string of the molecule is NC(=O)Cn1nc(C2=CCC(Cl)C=C2)n(C[C@H](O)C(F)(F)F)c1=O. The van der Waals surface area contributed by atoms with E-state index in [9.17, 15) is 27.9 Å². The van der Waals surface area contributed by atoms with Crippen LogP contribution in [0, 0.1) is 0 Å². The number of hydrogen-bond donors (Lipinski definition) is 2. The van der Waals surface area contributed by atoms with E-state index in [0.717, 1.165) is 0 Å². The third-order valence-electron chi connectivity index (χ3n) is 3.27. The minimum Gasteiger partial charge on any atom is -0.382 e. The molecule has 24 heavy (non-hydrogen) atoms. The first-order valence-electron chi connectivity index (χ1n) is 6.83.